The summed E-state index contributed by atoms with van der Waals surface area (Å²) in [5.41, 5.74) is 5.40. The average Bonchev–Trinajstić information content (AvgIpc) is 2.61. The van der Waals surface area contributed by atoms with E-state index in [-0.39, 0.29) is 11.4 Å². The maximum atomic E-state index is 11.8. The van der Waals surface area contributed by atoms with E-state index in [2.05, 4.69) is 0 Å². The van der Waals surface area contributed by atoms with Crippen LogP contribution in [0, 0.1) is 0 Å². The second kappa shape index (κ2) is 5.05. The Hall–Kier alpha value is -0.750. The average molecular weight is 246 g/mol. The van der Waals surface area contributed by atoms with E-state index in [0.717, 1.165) is 0 Å². The second-order valence-corrected chi connectivity index (χ2v) is 5.71. The Morgan fingerprint density at radius 2 is 2.19 bits per heavy atom. The van der Waals surface area contributed by atoms with Crippen LogP contribution < -0.4 is 5.73 Å². The zero-order valence-electron chi connectivity index (χ0n) is 9.60. The number of hydrogen-bond donors (Lipinski definition) is 2. The van der Waals surface area contributed by atoms with Gasteiger partial charge in [-0.15, -0.1) is 11.8 Å². The molecule has 0 aromatic heterocycles. The summed E-state index contributed by atoms with van der Waals surface area (Å²) in [6, 6.07) is -0.668. The van der Waals surface area contributed by atoms with Crippen molar-refractivity contribution in [3.63, 3.8) is 0 Å². The monoisotopic (exact) mass is 246 g/mol. The third-order valence-corrected chi connectivity index (χ3v) is 3.48. The van der Waals surface area contributed by atoms with Crippen LogP contribution in [-0.4, -0.2) is 45.1 Å². The summed E-state index contributed by atoms with van der Waals surface area (Å²) in [4.78, 5) is 24.1. The number of nitrogens with two attached hydrogens (primary N) is 1. The number of hydrogen-bond acceptors (Lipinski definition) is 4. The first-order valence-corrected chi connectivity index (χ1v) is 6.35. The summed E-state index contributed by atoms with van der Waals surface area (Å²) >= 11 is 1.47. The largest absolute Gasteiger partial charge is 0.480 e. The van der Waals surface area contributed by atoms with Crippen LogP contribution in [0.15, 0.2) is 0 Å². The number of carbonyl (C=O) groups excluding carboxylic acids is 1. The predicted octanol–water partition coefficient (Wildman–Crippen LogP) is 0.490. The van der Waals surface area contributed by atoms with Crippen LogP contribution in [0.25, 0.3) is 0 Å². The normalized spacial score (nSPS) is 21.2. The zero-order valence-corrected chi connectivity index (χ0v) is 10.4. The SMILES string of the molecule is CC(C)(N)CCC(=O)N1CSC[C@H]1C(=O)O. The molecule has 1 rings (SSSR count). The van der Waals surface area contributed by atoms with Crippen molar-refractivity contribution in [3.05, 3.63) is 0 Å². The lowest BCUT2D eigenvalue weighted by molar-refractivity contribution is -0.147. The van der Waals surface area contributed by atoms with Gasteiger partial charge in [0.15, 0.2) is 0 Å². The van der Waals surface area contributed by atoms with Gasteiger partial charge in [0.25, 0.3) is 0 Å². The smallest absolute Gasteiger partial charge is 0.327 e. The van der Waals surface area contributed by atoms with E-state index in [1.54, 1.807) is 0 Å². The van der Waals surface area contributed by atoms with E-state index < -0.39 is 12.0 Å². The van der Waals surface area contributed by atoms with Gasteiger partial charge in [-0.3, -0.25) is 4.79 Å². The number of carboxylic acids is 1. The molecular weight excluding hydrogens is 228 g/mol. The summed E-state index contributed by atoms with van der Waals surface area (Å²) in [5.74, 6) is -0.0882. The highest BCUT2D eigenvalue weighted by Crippen LogP contribution is 2.22. The zero-order chi connectivity index (χ0) is 12.3. The van der Waals surface area contributed by atoms with Crippen LogP contribution in [0.5, 0.6) is 0 Å². The lowest BCUT2D eigenvalue weighted by Crippen LogP contribution is -2.43. The predicted molar refractivity (Wildman–Crippen MR) is 63.1 cm³/mol. The van der Waals surface area contributed by atoms with Crippen molar-refractivity contribution >= 4 is 23.6 Å². The lowest BCUT2D eigenvalue weighted by atomic mass is 9.99. The highest BCUT2D eigenvalue weighted by Gasteiger charge is 2.34. The van der Waals surface area contributed by atoms with Crippen LogP contribution >= 0.6 is 11.8 Å². The molecule has 5 nitrogen and oxygen atoms in total. The fourth-order valence-electron chi connectivity index (χ4n) is 1.47. The molecule has 0 spiro atoms. The Labute approximate surface area is 99.4 Å². The number of nitrogens with zero attached hydrogens (tertiary/aromatic N) is 1. The number of rotatable bonds is 4. The van der Waals surface area contributed by atoms with Crippen molar-refractivity contribution < 1.29 is 14.7 Å². The highest BCUT2D eigenvalue weighted by molar-refractivity contribution is 7.99. The molecule has 0 aromatic rings. The Kier molecular flexibility index (Phi) is 4.21. The molecule has 1 amide bonds. The summed E-state index contributed by atoms with van der Waals surface area (Å²) in [6.45, 7) is 3.71. The molecule has 16 heavy (non-hydrogen) atoms. The van der Waals surface area contributed by atoms with E-state index in [0.29, 0.717) is 24.5 Å². The first kappa shape index (κ1) is 13.3. The van der Waals surface area contributed by atoms with Gasteiger partial charge in [0.05, 0.1) is 5.88 Å². The first-order chi connectivity index (χ1) is 7.31. The van der Waals surface area contributed by atoms with Crippen molar-refractivity contribution in [2.75, 3.05) is 11.6 Å². The number of carboxylic acid groups (broad SMARTS) is 1. The summed E-state index contributed by atoms with van der Waals surface area (Å²) in [6.07, 6.45) is 0.882. The number of carbonyl (C=O) groups is 2. The molecule has 0 aromatic carbocycles. The minimum atomic E-state index is -0.926. The van der Waals surface area contributed by atoms with Crippen LogP contribution in [0.3, 0.4) is 0 Å². The number of amides is 1. The molecule has 1 atom stereocenters. The minimum absolute atomic E-state index is 0.115. The van der Waals surface area contributed by atoms with Gasteiger partial charge in [-0.25, -0.2) is 4.79 Å². The van der Waals surface area contributed by atoms with Gasteiger partial charge >= 0.3 is 5.97 Å². The Morgan fingerprint density at radius 1 is 1.56 bits per heavy atom. The van der Waals surface area contributed by atoms with Crippen molar-refractivity contribution in [2.45, 2.75) is 38.3 Å². The van der Waals surface area contributed by atoms with E-state index in [9.17, 15) is 9.59 Å². The molecule has 0 unspecified atom stereocenters. The molecule has 92 valence electrons. The van der Waals surface area contributed by atoms with E-state index in [1.165, 1.54) is 16.7 Å². The highest BCUT2D eigenvalue weighted by atomic mass is 32.2. The van der Waals surface area contributed by atoms with Crippen molar-refractivity contribution in [1.29, 1.82) is 0 Å². The minimum Gasteiger partial charge on any atom is -0.480 e. The molecule has 3 N–H and O–H groups in total. The molecule has 1 aliphatic rings. The van der Waals surface area contributed by atoms with Crippen LogP contribution in [0.2, 0.25) is 0 Å². The van der Waals surface area contributed by atoms with E-state index in [4.69, 9.17) is 10.8 Å². The van der Waals surface area contributed by atoms with E-state index in [1.807, 2.05) is 13.8 Å². The fourth-order valence-corrected chi connectivity index (χ4v) is 2.64. The first-order valence-electron chi connectivity index (χ1n) is 5.20. The summed E-state index contributed by atoms with van der Waals surface area (Å²) < 4.78 is 0. The van der Waals surface area contributed by atoms with Crippen LogP contribution in [0.4, 0.5) is 0 Å². The summed E-state index contributed by atoms with van der Waals surface area (Å²) in [5, 5.41) is 8.93. The molecular formula is C10H18N2O3S. The van der Waals surface area contributed by atoms with E-state index >= 15 is 0 Å². The number of aliphatic carboxylic acids is 1. The maximum Gasteiger partial charge on any atom is 0.327 e. The van der Waals surface area contributed by atoms with Gasteiger partial charge in [0.2, 0.25) is 5.91 Å². The molecule has 0 aliphatic carbocycles. The molecule has 1 aliphatic heterocycles. The third-order valence-electron chi connectivity index (χ3n) is 2.47. The molecule has 1 fully saturated rings. The second-order valence-electron chi connectivity index (χ2n) is 4.71. The molecule has 1 heterocycles. The van der Waals surface area contributed by atoms with Crippen molar-refractivity contribution in [3.8, 4) is 0 Å². The molecule has 0 saturated carbocycles. The quantitative estimate of drug-likeness (QED) is 0.754. The topological polar surface area (TPSA) is 83.6 Å². The summed E-state index contributed by atoms with van der Waals surface area (Å²) in [7, 11) is 0. The third kappa shape index (κ3) is 3.68. The standard InChI is InChI=1S/C10H18N2O3S/c1-10(2,11)4-3-8(13)12-6-16-5-7(12)9(14)15/h7H,3-6,11H2,1-2H3,(H,14,15)/t7-/m0/s1. The molecule has 6 heteroatoms. The van der Waals surface area contributed by atoms with Gasteiger partial charge in [0.1, 0.15) is 6.04 Å². The van der Waals surface area contributed by atoms with Crippen molar-refractivity contribution in [2.24, 2.45) is 5.73 Å². The fraction of sp³-hybridized carbons (Fsp3) is 0.800. The van der Waals surface area contributed by atoms with Gasteiger partial charge in [-0.05, 0) is 20.3 Å². The number of thioether (sulfide) groups is 1. The van der Waals surface area contributed by atoms with Gasteiger partial charge in [0, 0.05) is 17.7 Å². The molecule has 1 saturated heterocycles. The molecule has 0 radical (unpaired) electrons. The Bertz CT molecular complexity index is 288. The molecule has 0 bridgehead atoms. The van der Waals surface area contributed by atoms with Crippen LogP contribution in [-0.2, 0) is 9.59 Å². The van der Waals surface area contributed by atoms with Crippen LogP contribution in [0.1, 0.15) is 26.7 Å². The Morgan fingerprint density at radius 3 is 2.69 bits per heavy atom. The Balaban J connectivity index is 2.50. The van der Waals surface area contributed by atoms with Gasteiger partial charge < -0.3 is 15.7 Å². The van der Waals surface area contributed by atoms with Crippen molar-refractivity contribution in [1.82, 2.24) is 4.90 Å². The lowest BCUT2D eigenvalue weighted by Gasteiger charge is -2.23. The van der Waals surface area contributed by atoms with Gasteiger partial charge in [-0.2, -0.15) is 0 Å². The van der Waals surface area contributed by atoms with Gasteiger partial charge in [-0.1, -0.05) is 0 Å². The maximum absolute atomic E-state index is 11.8.